The van der Waals surface area contributed by atoms with Crippen LogP contribution in [0.1, 0.15) is 31.4 Å². The van der Waals surface area contributed by atoms with Gasteiger partial charge in [-0.2, -0.15) is 16.5 Å². The smallest absolute Gasteiger partial charge is 0.241 e. The molecule has 0 aliphatic rings. The minimum absolute atomic E-state index is 0.150. The van der Waals surface area contributed by atoms with Gasteiger partial charge >= 0.3 is 0 Å². The van der Waals surface area contributed by atoms with Crippen LogP contribution < -0.4 is 10.0 Å². The first-order valence-electron chi connectivity index (χ1n) is 9.67. The van der Waals surface area contributed by atoms with Crippen LogP contribution in [0.5, 0.6) is 0 Å². The summed E-state index contributed by atoms with van der Waals surface area (Å²) >= 11 is 7.53. The van der Waals surface area contributed by atoms with Gasteiger partial charge in [-0.1, -0.05) is 55.3 Å². The minimum Gasteiger partial charge on any atom is -0.354 e. The number of amides is 1. The van der Waals surface area contributed by atoms with Gasteiger partial charge in [-0.25, -0.2) is 8.42 Å². The molecule has 1 atom stereocenters. The largest absolute Gasteiger partial charge is 0.354 e. The summed E-state index contributed by atoms with van der Waals surface area (Å²) in [6.45, 7) is 6.30. The average Bonchev–Trinajstić information content (AvgIpc) is 2.70. The number of sulfonamides is 1. The van der Waals surface area contributed by atoms with Crippen molar-refractivity contribution in [2.75, 3.05) is 18.6 Å². The minimum atomic E-state index is -3.80. The van der Waals surface area contributed by atoms with Crippen LogP contribution >= 0.6 is 23.4 Å². The second-order valence-corrected chi connectivity index (χ2v) is 11.0. The van der Waals surface area contributed by atoms with Gasteiger partial charge in [-0.3, -0.25) is 4.79 Å². The average molecular weight is 469 g/mol. The van der Waals surface area contributed by atoms with Gasteiger partial charge in [-0.05, 0) is 55.2 Å². The number of carbonyl (C=O) groups excluding carboxylic acids is 1. The maximum absolute atomic E-state index is 12.9. The van der Waals surface area contributed by atoms with Gasteiger partial charge in [-0.15, -0.1) is 0 Å². The summed E-state index contributed by atoms with van der Waals surface area (Å²) in [5, 5.41) is 3.57. The SMILES string of the molecule is CSCCC(NS(=O)(=O)c1ccc(C)cc1)C(=O)NCC(C)(C)c1ccc(Cl)cc1. The quantitative estimate of drug-likeness (QED) is 0.549. The van der Waals surface area contributed by atoms with Gasteiger partial charge in [0.1, 0.15) is 6.04 Å². The zero-order valence-corrected chi connectivity index (χ0v) is 20.1. The summed E-state index contributed by atoms with van der Waals surface area (Å²) in [6, 6.07) is 13.2. The summed E-state index contributed by atoms with van der Waals surface area (Å²) in [7, 11) is -3.80. The third-order valence-corrected chi connectivity index (χ3v) is 7.27. The number of hydrogen-bond acceptors (Lipinski definition) is 4. The molecule has 1 amide bonds. The Bertz CT molecular complexity index is 943. The molecule has 0 saturated carbocycles. The number of nitrogens with one attached hydrogen (secondary N) is 2. The highest BCUT2D eigenvalue weighted by atomic mass is 35.5. The zero-order chi connectivity index (χ0) is 22.4. The zero-order valence-electron chi connectivity index (χ0n) is 17.7. The predicted octanol–water partition coefficient (Wildman–Crippen LogP) is 4.14. The Hall–Kier alpha value is -1.54. The molecule has 2 aromatic carbocycles. The van der Waals surface area contributed by atoms with E-state index in [1.54, 1.807) is 36.0 Å². The molecule has 1 unspecified atom stereocenters. The number of aryl methyl sites for hydroxylation is 1. The standard InChI is InChI=1S/C22H29ClN2O3S2/c1-16-5-11-19(12-6-16)30(27,28)25-20(13-14-29-4)21(26)24-15-22(2,3)17-7-9-18(23)10-8-17/h5-12,20,25H,13-15H2,1-4H3,(H,24,26). The maximum atomic E-state index is 12.9. The van der Waals surface area contributed by atoms with Gasteiger partial charge in [0.05, 0.1) is 4.90 Å². The van der Waals surface area contributed by atoms with Crippen LogP contribution in [-0.2, 0) is 20.2 Å². The lowest BCUT2D eigenvalue weighted by Gasteiger charge is -2.27. The van der Waals surface area contributed by atoms with Crippen molar-refractivity contribution in [2.24, 2.45) is 0 Å². The first kappa shape index (κ1) is 24.7. The Morgan fingerprint density at radius 2 is 1.70 bits per heavy atom. The Balaban J connectivity index is 2.10. The number of halogens is 1. The van der Waals surface area contributed by atoms with E-state index >= 15 is 0 Å². The first-order valence-corrected chi connectivity index (χ1v) is 12.9. The third kappa shape index (κ3) is 7.01. The van der Waals surface area contributed by atoms with E-state index in [0.717, 1.165) is 11.1 Å². The van der Waals surface area contributed by atoms with E-state index in [4.69, 9.17) is 11.6 Å². The molecular weight excluding hydrogens is 440 g/mol. The van der Waals surface area contributed by atoms with Crippen LogP contribution in [-0.4, -0.2) is 38.9 Å². The summed E-state index contributed by atoms with van der Waals surface area (Å²) in [4.78, 5) is 13.0. The predicted molar refractivity (Wildman–Crippen MR) is 126 cm³/mol. The van der Waals surface area contributed by atoms with Crippen molar-refractivity contribution < 1.29 is 13.2 Å². The summed E-state index contributed by atoms with van der Waals surface area (Å²) in [5.74, 6) is 0.330. The Morgan fingerprint density at radius 1 is 1.10 bits per heavy atom. The fourth-order valence-corrected chi connectivity index (χ4v) is 4.71. The van der Waals surface area contributed by atoms with Gasteiger partial charge in [0, 0.05) is 17.0 Å². The van der Waals surface area contributed by atoms with Crippen LogP contribution in [0.2, 0.25) is 5.02 Å². The number of rotatable bonds is 10. The number of thioether (sulfide) groups is 1. The third-order valence-electron chi connectivity index (χ3n) is 4.89. The van der Waals surface area contributed by atoms with Crippen LogP contribution in [0.3, 0.4) is 0 Å². The molecule has 2 rings (SSSR count). The van der Waals surface area contributed by atoms with Crippen molar-refractivity contribution in [1.82, 2.24) is 10.0 Å². The first-order chi connectivity index (χ1) is 14.0. The molecule has 164 valence electrons. The van der Waals surface area contributed by atoms with Crippen LogP contribution in [0.4, 0.5) is 0 Å². The summed E-state index contributed by atoms with van der Waals surface area (Å²) in [6.07, 6.45) is 2.33. The molecule has 0 saturated heterocycles. The molecule has 0 bridgehead atoms. The molecule has 0 aliphatic carbocycles. The molecule has 2 N–H and O–H groups in total. The number of benzene rings is 2. The van der Waals surface area contributed by atoms with Crippen molar-refractivity contribution in [3.05, 3.63) is 64.7 Å². The van der Waals surface area contributed by atoms with Crippen LogP contribution in [0.15, 0.2) is 53.4 Å². The molecule has 0 radical (unpaired) electrons. The molecule has 0 aliphatic heterocycles. The summed E-state index contributed by atoms with van der Waals surface area (Å²) < 4.78 is 28.1. The van der Waals surface area contributed by atoms with Crippen molar-refractivity contribution in [1.29, 1.82) is 0 Å². The van der Waals surface area contributed by atoms with E-state index < -0.39 is 16.1 Å². The Kier molecular flexibility index (Phi) is 8.79. The van der Waals surface area contributed by atoms with E-state index in [9.17, 15) is 13.2 Å². The highest BCUT2D eigenvalue weighted by Crippen LogP contribution is 2.24. The van der Waals surface area contributed by atoms with Gasteiger partial charge in [0.15, 0.2) is 0 Å². The topological polar surface area (TPSA) is 75.3 Å². The molecule has 0 fully saturated rings. The molecule has 30 heavy (non-hydrogen) atoms. The van der Waals surface area contributed by atoms with E-state index in [1.807, 2.05) is 51.3 Å². The molecule has 2 aromatic rings. The van der Waals surface area contributed by atoms with E-state index in [-0.39, 0.29) is 16.2 Å². The van der Waals surface area contributed by atoms with Crippen molar-refractivity contribution >= 4 is 39.3 Å². The van der Waals surface area contributed by atoms with E-state index in [0.29, 0.717) is 23.7 Å². The van der Waals surface area contributed by atoms with Crippen molar-refractivity contribution in [3.8, 4) is 0 Å². The fraction of sp³-hybridized carbons (Fsp3) is 0.409. The Morgan fingerprint density at radius 3 is 2.27 bits per heavy atom. The molecule has 0 spiro atoms. The normalized spacial score (nSPS) is 13.1. The molecule has 0 heterocycles. The molecular formula is C22H29ClN2O3S2. The second-order valence-electron chi connectivity index (χ2n) is 7.88. The number of carbonyl (C=O) groups is 1. The second kappa shape index (κ2) is 10.7. The Labute approximate surface area is 189 Å². The van der Waals surface area contributed by atoms with Gasteiger partial charge < -0.3 is 5.32 Å². The molecule has 5 nitrogen and oxygen atoms in total. The lowest BCUT2D eigenvalue weighted by atomic mass is 9.84. The van der Waals surface area contributed by atoms with Crippen molar-refractivity contribution in [3.63, 3.8) is 0 Å². The monoisotopic (exact) mass is 468 g/mol. The van der Waals surface area contributed by atoms with Gasteiger partial charge in [0.2, 0.25) is 15.9 Å². The van der Waals surface area contributed by atoms with Crippen molar-refractivity contribution in [2.45, 2.75) is 43.5 Å². The molecule has 8 heteroatoms. The van der Waals surface area contributed by atoms with E-state index in [1.165, 1.54) is 0 Å². The molecule has 0 aromatic heterocycles. The lowest BCUT2D eigenvalue weighted by Crippen LogP contribution is -2.49. The van der Waals surface area contributed by atoms with E-state index in [2.05, 4.69) is 10.0 Å². The highest BCUT2D eigenvalue weighted by molar-refractivity contribution is 7.98. The maximum Gasteiger partial charge on any atom is 0.241 e. The number of hydrogen-bond donors (Lipinski definition) is 2. The highest BCUT2D eigenvalue weighted by Gasteiger charge is 2.28. The van der Waals surface area contributed by atoms with Crippen LogP contribution in [0, 0.1) is 6.92 Å². The van der Waals surface area contributed by atoms with Gasteiger partial charge in [0.25, 0.3) is 0 Å². The summed E-state index contributed by atoms with van der Waals surface area (Å²) in [5.41, 5.74) is 1.67. The fourth-order valence-electron chi connectivity index (χ4n) is 2.89. The van der Waals surface area contributed by atoms with Crippen LogP contribution in [0.25, 0.3) is 0 Å². The lowest BCUT2D eigenvalue weighted by molar-refractivity contribution is -0.123.